The molecule has 1 heterocycles. The summed E-state index contributed by atoms with van der Waals surface area (Å²) in [5.74, 6) is 1.67. The molecular formula is C19H20N4O2S. The molecule has 2 N–H and O–H groups in total. The van der Waals surface area contributed by atoms with Crippen molar-refractivity contribution in [2.75, 3.05) is 12.9 Å². The van der Waals surface area contributed by atoms with Crippen LogP contribution in [0.5, 0.6) is 5.75 Å². The number of benzene rings is 2. The molecule has 3 rings (SSSR count). The average Bonchev–Trinajstić information content (AvgIpc) is 3.15. The van der Waals surface area contributed by atoms with Crippen molar-refractivity contribution in [1.82, 2.24) is 20.5 Å². The Morgan fingerprint density at radius 2 is 1.96 bits per heavy atom. The van der Waals surface area contributed by atoms with Crippen LogP contribution in [-0.4, -0.2) is 34.0 Å². The number of amides is 1. The maximum Gasteiger partial charge on any atom is 0.230 e. The predicted octanol–water partition coefficient (Wildman–Crippen LogP) is 3.20. The Kier molecular flexibility index (Phi) is 5.91. The molecule has 7 heteroatoms. The highest BCUT2D eigenvalue weighted by molar-refractivity contribution is 7.99. The van der Waals surface area contributed by atoms with E-state index in [9.17, 15) is 4.79 Å². The average molecular weight is 368 g/mol. The number of methoxy groups -OCH3 is 1. The molecule has 26 heavy (non-hydrogen) atoms. The van der Waals surface area contributed by atoms with E-state index in [4.69, 9.17) is 4.74 Å². The number of rotatable bonds is 7. The molecule has 0 bridgehead atoms. The van der Waals surface area contributed by atoms with E-state index in [1.807, 2.05) is 55.5 Å². The minimum Gasteiger partial charge on any atom is -0.497 e. The maximum absolute atomic E-state index is 12.0. The molecule has 2 aromatic carbocycles. The Hall–Kier alpha value is -2.80. The van der Waals surface area contributed by atoms with Gasteiger partial charge in [0.25, 0.3) is 0 Å². The number of carbonyl (C=O) groups is 1. The largest absolute Gasteiger partial charge is 0.497 e. The van der Waals surface area contributed by atoms with E-state index in [0.717, 1.165) is 16.9 Å². The number of aryl methyl sites for hydroxylation is 1. The van der Waals surface area contributed by atoms with Crippen molar-refractivity contribution >= 4 is 17.7 Å². The second-order valence-electron chi connectivity index (χ2n) is 5.69. The van der Waals surface area contributed by atoms with Gasteiger partial charge >= 0.3 is 0 Å². The third kappa shape index (κ3) is 4.64. The molecule has 0 fully saturated rings. The molecule has 0 unspecified atom stereocenters. The molecule has 134 valence electrons. The van der Waals surface area contributed by atoms with E-state index in [1.165, 1.54) is 17.3 Å². The molecular weight excluding hydrogens is 348 g/mol. The first-order valence-corrected chi connectivity index (χ1v) is 9.15. The molecule has 1 amide bonds. The van der Waals surface area contributed by atoms with E-state index in [-0.39, 0.29) is 11.7 Å². The van der Waals surface area contributed by atoms with E-state index in [2.05, 4.69) is 20.5 Å². The Morgan fingerprint density at radius 1 is 1.19 bits per heavy atom. The zero-order valence-electron chi connectivity index (χ0n) is 14.7. The summed E-state index contributed by atoms with van der Waals surface area (Å²) in [5.41, 5.74) is 3.19. The summed E-state index contributed by atoms with van der Waals surface area (Å²) in [5, 5.41) is 10.5. The number of ether oxygens (including phenoxy) is 1. The Balaban J connectivity index is 1.51. The van der Waals surface area contributed by atoms with Crippen LogP contribution in [0.15, 0.2) is 53.7 Å². The summed E-state index contributed by atoms with van der Waals surface area (Å²) in [4.78, 5) is 16.5. The monoisotopic (exact) mass is 368 g/mol. The fraction of sp³-hybridized carbons (Fsp3) is 0.211. The molecule has 1 aromatic heterocycles. The van der Waals surface area contributed by atoms with Gasteiger partial charge in [0.15, 0.2) is 5.82 Å². The quantitative estimate of drug-likeness (QED) is 0.626. The van der Waals surface area contributed by atoms with Crippen LogP contribution in [0.4, 0.5) is 0 Å². The van der Waals surface area contributed by atoms with Crippen molar-refractivity contribution < 1.29 is 9.53 Å². The lowest BCUT2D eigenvalue weighted by Crippen LogP contribution is -2.24. The number of nitrogens with one attached hydrogen (secondary N) is 2. The van der Waals surface area contributed by atoms with Crippen molar-refractivity contribution in [2.24, 2.45) is 0 Å². The van der Waals surface area contributed by atoms with Crippen molar-refractivity contribution in [3.63, 3.8) is 0 Å². The zero-order chi connectivity index (χ0) is 18.4. The fourth-order valence-corrected chi connectivity index (χ4v) is 3.00. The molecule has 0 saturated carbocycles. The Labute approximate surface area is 156 Å². The SMILES string of the molecule is COc1ccc(-c2nc(SCC(=O)NCc3ccccc3C)n[nH]2)cc1. The van der Waals surface area contributed by atoms with Crippen LogP contribution in [0.3, 0.4) is 0 Å². The standard InChI is InChI=1S/C19H20N4O2S/c1-13-5-3-4-6-15(13)11-20-17(24)12-26-19-21-18(22-23-19)14-7-9-16(25-2)10-8-14/h3-10H,11-12H2,1-2H3,(H,20,24)(H,21,22,23). The molecule has 0 aliphatic rings. The third-order valence-corrected chi connectivity index (χ3v) is 4.75. The van der Waals surface area contributed by atoms with Crippen molar-refractivity contribution in [3.8, 4) is 17.1 Å². The predicted molar refractivity (Wildman–Crippen MR) is 102 cm³/mol. The summed E-state index contributed by atoms with van der Waals surface area (Å²) in [6.07, 6.45) is 0. The lowest BCUT2D eigenvalue weighted by Gasteiger charge is -2.07. The van der Waals surface area contributed by atoms with Crippen LogP contribution in [0.1, 0.15) is 11.1 Å². The molecule has 0 atom stereocenters. The third-order valence-electron chi connectivity index (χ3n) is 3.90. The highest BCUT2D eigenvalue weighted by Gasteiger charge is 2.09. The van der Waals surface area contributed by atoms with Gasteiger partial charge in [0.1, 0.15) is 5.75 Å². The Morgan fingerprint density at radius 3 is 2.69 bits per heavy atom. The van der Waals surface area contributed by atoms with Gasteiger partial charge in [-0.3, -0.25) is 9.89 Å². The van der Waals surface area contributed by atoms with E-state index in [0.29, 0.717) is 17.5 Å². The summed E-state index contributed by atoms with van der Waals surface area (Å²) in [6, 6.07) is 15.5. The molecule has 0 spiro atoms. The summed E-state index contributed by atoms with van der Waals surface area (Å²) < 4.78 is 5.14. The van der Waals surface area contributed by atoms with Gasteiger partial charge in [0.2, 0.25) is 11.1 Å². The summed E-state index contributed by atoms with van der Waals surface area (Å²) >= 11 is 1.30. The zero-order valence-corrected chi connectivity index (χ0v) is 15.5. The summed E-state index contributed by atoms with van der Waals surface area (Å²) in [6.45, 7) is 2.56. The van der Waals surface area contributed by atoms with Gasteiger partial charge in [-0.05, 0) is 42.3 Å². The molecule has 0 aliphatic heterocycles. The minimum atomic E-state index is -0.0472. The lowest BCUT2D eigenvalue weighted by atomic mass is 10.1. The number of hydrogen-bond donors (Lipinski definition) is 2. The maximum atomic E-state index is 12.0. The van der Waals surface area contributed by atoms with E-state index in [1.54, 1.807) is 7.11 Å². The number of H-pyrrole nitrogens is 1. The van der Waals surface area contributed by atoms with Crippen LogP contribution < -0.4 is 10.1 Å². The van der Waals surface area contributed by atoms with Crippen LogP contribution in [0.2, 0.25) is 0 Å². The number of aromatic amines is 1. The number of hydrogen-bond acceptors (Lipinski definition) is 5. The normalized spacial score (nSPS) is 10.5. The number of thioether (sulfide) groups is 1. The smallest absolute Gasteiger partial charge is 0.230 e. The second kappa shape index (κ2) is 8.53. The first kappa shape index (κ1) is 18.0. The van der Waals surface area contributed by atoms with Crippen molar-refractivity contribution in [3.05, 3.63) is 59.7 Å². The van der Waals surface area contributed by atoms with Crippen molar-refractivity contribution in [1.29, 1.82) is 0 Å². The first-order valence-electron chi connectivity index (χ1n) is 8.16. The molecule has 3 aromatic rings. The Bertz CT molecular complexity index is 877. The van der Waals surface area contributed by atoms with Crippen LogP contribution in [-0.2, 0) is 11.3 Å². The molecule has 0 saturated heterocycles. The number of carbonyl (C=O) groups excluding carboxylic acids is 1. The lowest BCUT2D eigenvalue weighted by molar-refractivity contribution is -0.118. The number of nitrogens with zero attached hydrogens (tertiary/aromatic N) is 2. The van der Waals surface area contributed by atoms with Gasteiger partial charge < -0.3 is 10.1 Å². The first-order chi connectivity index (χ1) is 12.7. The highest BCUT2D eigenvalue weighted by atomic mass is 32.2. The van der Waals surface area contributed by atoms with Crippen LogP contribution >= 0.6 is 11.8 Å². The minimum absolute atomic E-state index is 0.0472. The fourth-order valence-electron chi connectivity index (χ4n) is 2.37. The van der Waals surface area contributed by atoms with Gasteiger partial charge in [0.05, 0.1) is 12.9 Å². The van der Waals surface area contributed by atoms with Gasteiger partial charge in [-0.15, -0.1) is 5.10 Å². The summed E-state index contributed by atoms with van der Waals surface area (Å²) in [7, 11) is 1.63. The van der Waals surface area contributed by atoms with Gasteiger partial charge in [-0.2, -0.15) is 0 Å². The van der Waals surface area contributed by atoms with Crippen LogP contribution in [0.25, 0.3) is 11.4 Å². The van der Waals surface area contributed by atoms with Crippen LogP contribution in [0, 0.1) is 6.92 Å². The molecule has 6 nitrogen and oxygen atoms in total. The van der Waals surface area contributed by atoms with Gasteiger partial charge in [-0.25, -0.2) is 4.98 Å². The highest BCUT2D eigenvalue weighted by Crippen LogP contribution is 2.21. The van der Waals surface area contributed by atoms with E-state index >= 15 is 0 Å². The number of aromatic nitrogens is 3. The second-order valence-corrected chi connectivity index (χ2v) is 6.63. The molecule has 0 radical (unpaired) electrons. The molecule has 0 aliphatic carbocycles. The van der Waals surface area contributed by atoms with Gasteiger partial charge in [-0.1, -0.05) is 36.0 Å². The van der Waals surface area contributed by atoms with Crippen molar-refractivity contribution in [2.45, 2.75) is 18.6 Å². The van der Waals surface area contributed by atoms with E-state index < -0.39 is 0 Å². The van der Waals surface area contributed by atoms with Gasteiger partial charge in [0, 0.05) is 12.1 Å². The topological polar surface area (TPSA) is 79.9 Å².